The van der Waals surface area contributed by atoms with Crippen LogP contribution in [0.3, 0.4) is 0 Å². The first-order valence-corrected chi connectivity index (χ1v) is 7.98. The Morgan fingerprint density at radius 1 is 1.12 bits per heavy atom. The number of benzene rings is 2. The summed E-state index contributed by atoms with van der Waals surface area (Å²) in [6.07, 6.45) is -4.77. The van der Waals surface area contributed by atoms with Crippen molar-refractivity contribution in [3.8, 4) is 0 Å². The number of carbonyl (C=O) groups excluding carboxylic acids is 1. The van der Waals surface area contributed by atoms with Gasteiger partial charge in [-0.25, -0.2) is 4.79 Å². The van der Waals surface area contributed by atoms with Crippen LogP contribution in [0.25, 0.3) is 0 Å². The molecule has 0 heterocycles. The average Bonchev–Trinajstić information content (AvgIpc) is 2.55. The third-order valence-corrected chi connectivity index (χ3v) is 4.08. The van der Waals surface area contributed by atoms with Crippen LogP contribution in [0.4, 0.5) is 13.2 Å². The number of rotatable bonds is 5. The summed E-state index contributed by atoms with van der Waals surface area (Å²) in [5.41, 5.74) is -0.876. The second-order valence-electron chi connectivity index (χ2n) is 5.38. The van der Waals surface area contributed by atoms with Gasteiger partial charge in [-0.1, -0.05) is 35.3 Å². The van der Waals surface area contributed by atoms with Crippen molar-refractivity contribution in [1.29, 1.82) is 0 Å². The molecule has 4 nitrogen and oxygen atoms in total. The van der Waals surface area contributed by atoms with Gasteiger partial charge in [-0.2, -0.15) is 13.2 Å². The third-order valence-electron chi connectivity index (χ3n) is 3.49. The van der Waals surface area contributed by atoms with E-state index in [4.69, 9.17) is 23.2 Å². The molecular formula is C17H12Cl2F3NO3. The van der Waals surface area contributed by atoms with Gasteiger partial charge in [0.15, 0.2) is 0 Å². The van der Waals surface area contributed by atoms with Gasteiger partial charge in [0.2, 0.25) is 0 Å². The lowest BCUT2D eigenvalue weighted by Gasteiger charge is -2.16. The Labute approximate surface area is 156 Å². The average molecular weight is 406 g/mol. The van der Waals surface area contributed by atoms with E-state index in [1.807, 2.05) is 0 Å². The van der Waals surface area contributed by atoms with E-state index in [1.54, 1.807) is 0 Å². The number of alkyl halides is 3. The highest BCUT2D eigenvalue weighted by molar-refractivity contribution is 6.35. The van der Waals surface area contributed by atoms with E-state index >= 15 is 0 Å². The summed E-state index contributed by atoms with van der Waals surface area (Å²) in [7, 11) is 0. The number of carboxylic acids is 1. The fourth-order valence-corrected chi connectivity index (χ4v) is 2.67. The van der Waals surface area contributed by atoms with Crippen LogP contribution in [-0.2, 0) is 17.4 Å². The summed E-state index contributed by atoms with van der Waals surface area (Å²) in [5.74, 6) is -2.29. The molecule has 0 aromatic heterocycles. The molecule has 0 saturated carbocycles. The van der Waals surface area contributed by atoms with E-state index in [2.05, 4.69) is 5.32 Å². The van der Waals surface area contributed by atoms with Gasteiger partial charge in [-0.3, -0.25) is 4.79 Å². The minimum atomic E-state index is -4.61. The Kier molecular flexibility index (Phi) is 6.15. The monoisotopic (exact) mass is 405 g/mol. The molecule has 0 unspecified atom stereocenters. The summed E-state index contributed by atoms with van der Waals surface area (Å²) in [6.45, 7) is 0. The molecule has 138 valence electrons. The lowest BCUT2D eigenvalue weighted by molar-refractivity contribution is -0.139. The molecule has 0 aliphatic carbocycles. The first kappa shape index (κ1) is 20.1. The van der Waals surface area contributed by atoms with Crippen molar-refractivity contribution < 1.29 is 27.9 Å². The minimum Gasteiger partial charge on any atom is -0.480 e. The fraction of sp³-hybridized carbons (Fsp3) is 0.176. The normalized spacial score (nSPS) is 12.5. The van der Waals surface area contributed by atoms with Crippen molar-refractivity contribution in [2.45, 2.75) is 18.6 Å². The number of aliphatic carboxylic acids is 1. The van der Waals surface area contributed by atoms with Crippen molar-refractivity contribution in [2.75, 3.05) is 0 Å². The van der Waals surface area contributed by atoms with Crippen molar-refractivity contribution in [2.24, 2.45) is 0 Å². The van der Waals surface area contributed by atoms with Crippen LogP contribution in [0.5, 0.6) is 0 Å². The predicted octanol–water partition coefficient (Wildman–Crippen LogP) is 4.44. The van der Waals surface area contributed by atoms with E-state index in [9.17, 15) is 27.9 Å². The van der Waals surface area contributed by atoms with Gasteiger partial charge >= 0.3 is 12.1 Å². The molecule has 1 atom stereocenters. The van der Waals surface area contributed by atoms with E-state index in [0.717, 1.165) is 12.1 Å². The van der Waals surface area contributed by atoms with Crippen molar-refractivity contribution in [3.63, 3.8) is 0 Å². The molecule has 0 spiro atoms. The first-order valence-electron chi connectivity index (χ1n) is 7.23. The summed E-state index contributed by atoms with van der Waals surface area (Å²) in [6, 6.07) is 6.78. The van der Waals surface area contributed by atoms with Gasteiger partial charge in [-0.05, 0) is 35.9 Å². The van der Waals surface area contributed by atoms with Gasteiger partial charge < -0.3 is 10.4 Å². The Hall–Kier alpha value is -2.25. The molecule has 0 bridgehead atoms. The Morgan fingerprint density at radius 3 is 2.38 bits per heavy atom. The molecule has 2 N–H and O–H groups in total. The summed E-state index contributed by atoms with van der Waals surface area (Å²) in [5, 5.41) is 12.1. The van der Waals surface area contributed by atoms with E-state index in [1.165, 1.54) is 24.3 Å². The molecule has 1 amide bonds. The zero-order chi connectivity index (χ0) is 19.5. The second kappa shape index (κ2) is 7.97. The maximum atomic E-state index is 12.7. The van der Waals surface area contributed by atoms with E-state index in [-0.39, 0.29) is 17.0 Å². The number of amides is 1. The number of hydrogen-bond donors (Lipinski definition) is 2. The standard InChI is InChI=1S/C17H12Cl2F3NO3/c18-12-5-4-9(13(19)8-12)7-14(16(25)26)23-15(24)10-2-1-3-11(6-10)17(20,21)22/h1-6,8,14H,7H2,(H,23,24)(H,25,26)/t14-/m0/s1. The lowest BCUT2D eigenvalue weighted by atomic mass is 10.0. The summed E-state index contributed by atoms with van der Waals surface area (Å²) < 4.78 is 38.2. The smallest absolute Gasteiger partial charge is 0.416 e. The van der Waals surface area contributed by atoms with Gasteiger partial charge in [-0.15, -0.1) is 0 Å². The highest BCUT2D eigenvalue weighted by Gasteiger charge is 2.31. The Bertz CT molecular complexity index is 840. The topological polar surface area (TPSA) is 66.4 Å². The molecule has 2 rings (SSSR count). The fourth-order valence-electron chi connectivity index (χ4n) is 2.19. The molecule has 0 aliphatic heterocycles. The molecule has 9 heteroatoms. The van der Waals surface area contributed by atoms with Crippen LogP contribution in [0.2, 0.25) is 10.0 Å². The van der Waals surface area contributed by atoms with Crippen LogP contribution in [0.1, 0.15) is 21.5 Å². The molecule has 0 radical (unpaired) electrons. The van der Waals surface area contributed by atoms with Crippen molar-refractivity contribution >= 4 is 35.1 Å². The predicted molar refractivity (Wildman–Crippen MR) is 90.5 cm³/mol. The second-order valence-corrected chi connectivity index (χ2v) is 6.23. The van der Waals surface area contributed by atoms with Gasteiger partial charge in [0.1, 0.15) is 6.04 Å². The Morgan fingerprint density at radius 2 is 1.81 bits per heavy atom. The lowest BCUT2D eigenvalue weighted by Crippen LogP contribution is -2.42. The van der Waals surface area contributed by atoms with Crippen LogP contribution >= 0.6 is 23.2 Å². The highest BCUT2D eigenvalue weighted by Crippen LogP contribution is 2.29. The zero-order valence-corrected chi connectivity index (χ0v) is 14.5. The van der Waals surface area contributed by atoms with Crippen molar-refractivity contribution in [1.82, 2.24) is 5.32 Å². The third kappa shape index (κ3) is 5.12. The maximum Gasteiger partial charge on any atom is 0.416 e. The van der Waals surface area contributed by atoms with Gasteiger partial charge in [0, 0.05) is 22.0 Å². The van der Waals surface area contributed by atoms with E-state index in [0.29, 0.717) is 16.7 Å². The molecule has 0 fully saturated rings. The number of carbonyl (C=O) groups is 2. The minimum absolute atomic E-state index is 0.157. The van der Waals surface area contributed by atoms with Gasteiger partial charge in [0.25, 0.3) is 5.91 Å². The van der Waals surface area contributed by atoms with Crippen LogP contribution < -0.4 is 5.32 Å². The molecule has 2 aromatic rings. The molecule has 26 heavy (non-hydrogen) atoms. The first-order chi connectivity index (χ1) is 12.1. The molecule has 0 saturated heterocycles. The SMILES string of the molecule is O=C(N[C@@H](Cc1ccc(Cl)cc1Cl)C(=O)O)c1cccc(C(F)(F)F)c1. The highest BCUT2D eigenvalue weighted by atomic mass is 35.5. The van der Waals surface area contributed by atoms with E-state index < -0.39 is 29.7 Å². The van der Waals surface area contributed by atoms with Gasteiger partial charge in [0.05, 0.1) is 5.56 Å². The Balaban J connectivity index is 2.19. The maximum absolute atomic E-state index is 12.7. The van der Waals surface area contributed by atoms with Crippen LogP contribution in [0, 0.1) is 0 Å². The largest absolute Gasteiger partial charge is 0.480 e. The quantitative estimate of drug-likeness (QED) is 0.772. The number of carboxylic acid groups (broad SMARTS) is 1. The summed E-state index contributed by atoms with van der Waals surface area (Å²) in [4.78, 5) is 23.6. The van der Waals surface area contributed by atoms with Crippen LogP contribution in [0.15, 0.2) is 42.5 Å². The number of nitrogens with one attached hydrogen (secondary N) is 1. The number of hydrogen-bond acceptors (Lipinski definition) is 2. The van der Waals surface area contributed by atoms with Crippen molar-refractivity contribution in [3.05, 3.63) is 69.2 Å². The zero-order valence-electron chi connectivity index (χ0n) is 13.0. The van der Waals surface area contributed by atoms with Crippen LogP contribution in [-0.4, -0.2) is 23.0 Å². The molecule has 0 aliphatic rings. The molecule has 2 aromatic carbocycles. The summed E-state index contributed by atoms with van der Waals surface area (Å²) >= 11 is 11.8. The molecular weight excluding hydrogens is 394 g/mol. The number of halogens is 5.